The molecular weight excluding hydrogens is 507 g/mol. The third-order valence-corrected chi connectivity index (χ3v) is 5.82. The highest BCUT2D eigenvalue weighted by atomic mass is 19.2. The Morgan fingerprint density at radius 2 is 1.00 bits per heavy atom. The van der Waals surface area contributed by atoms with E-state index in [2.05, 4.69) is 0 Å². The van der Waals surface area contributed by atoms with Gasteiger partial charge in [-0.2, -0.15) is 0 Å². The normalized spacial score (nSPS) is 13.5. The molecule has 0 aliphatic heterocycles. The van der Waals surface area contributed by atoms with Gasteiger partial charge in [-0.1, -0.05) is 91.0 Å². The van der Waals surface area contributed by atoms with Crippen LogP contribution in [0.1, 0.15) is 40.6 Å². The van der Waals surface area contributed by atoms with Crippen molar-refractivity contribution >= 4 is 5.97 Å². The fourth-order valence-corrected chi connectivity index (χ4v) is 3.86. The van der Waals surface area contributed by atoms with E-state index in [1.165, 1.54) is 12.1 Å². The van der Waals surface area contributed by atoms with E-state index in [1.807, 2.05) is 0 Å². The number of hydrogen-bond acceptors (Lipinski definition) is 4. The molecule has 0 heterocycles. The Morgan fingerprint density at radius 3 is 1.47 bits per heavy atom. The Bertz CT molecular complexity index is 1360. The third-order valence-electron chi connectivity index (χ3n) is 5.82. The molecule has 0 radical (unpaired) electrons. The molecule has 0 bridgehead atoms. The maximum atomic E-state index is 14.4. The molecule has 0 aliphatic carbocycles. The Morgan fingerprint density at radius 1 is 0.605 bits per heavy atom. The van der Waals surface area contributed by atoms with Crippen LogP contribution in [0.2, 0.25) is 0 Å². The van der Waals surface area contributed by atoms with Gasteiger partial charge in [0.15, 0.2) is 35.5 Å². The van der Waals surface area contributed by atoms with Crippen molar-refractivity contribution in [1.29, 1.82) is 0 Å². The largest absolute Gasteiger partial charge is 0.452 e. The molecule has 0 aromatic heterocycles. The average molecular weight is 528 g/mol. The number of rotatable bonds is 9. The summed E-state index contributed by atoms with van der Waals surface area (Å²) in [4.78, 5) is 13.0. The fourth-order valence-electron chi connectivity index (χ4n) is 3.86. The summed E-state index contributed by atoms with van der Waals surface area (Å²) in [5, 5.41) is 10.6. The van der Waals surface area contributed by atoms with Gasteiger partial charge in [0.2, 0.25) is 5.82 Å². The number of benzene rings is 4. The van der Waals surface area contributed by atoms with E-state index in [9.17, 15) is 31.9 Å². The van der Waals surface area contributed by atoms with Crippen LogP contribution >= 0.6 is 0 Å². The molecule has 0 aliphatic rings. The number of hydrogen-bond donors (Lipinski definition) is 1. The van der Waals surface area contributed by atoms with Crippen molar-refractivity contribution in [1.82, 2.24) is 0 Å². The standard InChI is InChI=1S/C29H21F5O4/c30-21-20(22(31)24(33)25(34)23(21)32)16-37-27(18-12-6-2-7-13-18)28(19-14-8-3-9-15-19)38-29(36)26(35)17-10-4-1-5-11-17/h1-15,26-28,35H,16H2/t26-,27-,28-/m1/s1. The lowest BCUT2D eigenvalue weighted by atomic mass is 9.97. The van der Waals surface area contributed by atoms with Crippen molar-refractivity contribution in [2.24, 2.45) is 0 Å². The Kier molecular flexibility index (Phi) is 8.50. The molecule has 0 saturated heterocycles. The van der Waals surface area contributed by atoms with Crippen LogP contribution in [0.4, 0.5) is 22.0 Å². The Hall–Kier alpha value is -4.08. The summed E-state index contributed by atoms with van der Waals surface area (Å²) < 4.78 is 81.2. The average Bonchev–Trinajstić information content (AvgIpc) is 2.97. The van der Waals surface area contributed by atoms with Crippen LogP contribution in [0.15, 0.2) is 91.0 Å². The van der Waals surface area contributed by atoms with E-state index < -0.39 is 65.5 Å². The molecule has 196 valence electrons. The highest BCUT2D eigenvalue weighted by Gasteiger charge is 2.33. The van der Waals surface area contributed by atoms with Crippen molar-refractivity contribution < 1.29 is 41.3 Å². The summed E-state index contributed by atoms with van der Waals surface area (Å²) in [7, 11) is 0. The van der Waals surface area contributed by atoms with Gasteiger partial charge in [-0.3, -0.25) is 0 Å². The van der Waals surface area contributed by atoms with E-state index in [0.717, 1.165) is 0 Å². The SMILES string of the molecule is O=C(O[C@H](c1ccccc1)[C@H](OCc1c(F)c(F)c(F)c(F)c1F)c1ccccc1)[C@H](O)c1ccccc1. The molecule has 0 spiro atoms. The van der Waals surface area contributed by atoms with E-state index >= 15 is 0 Å². The van der Waals surface area contributed by atoms with Gasteiger partial charge in [0.05, 0.1) is 12.2 Å². The lowest BCUT2D eigenvalue weighted by Crippen LogP contribution is -2.24. The van der Waals surface area contributed by atoms with Crippen molar-refractivity contribution in [3.63, 3.8) is 0 Å². The first-order chi connectivity index (χ1) is 18.3. The zero-order chi connectivity index (χ0) is 27.2. The third kappa shape index (κ3) is 5.74. The lowest BCUT2D eigenvalue weighted by Gasteiger charge is -2.29. The predicted molar refractivity (Wildman–Crippen MR) is 127 cm³/mol. The lowest BCUT2D eigenvalue weighted by molar-refractivity contribution is -0.170. The summed E-state index contributed by atoms with van der Waals surface area (Å²) in [6, 6.07) is 24.3. The van der Waals surface area contributed by atoms with Crippen LogP contribution in [0.25, 0.3) is 0 Å². The summed E-state index contributed by atoms with van der Waals surface area (Å²) in [6.45, 7) is -1.03. The number of carbonyl (C=O) groups excluding carboxylic acids is 1. The van der Waals surface area contributed by atoms with Crippen molar-refractivity contribution in [2.45, 2.75) is 24.9 Å². The van der Waals surface area contributed by atoms with Crippen LogP contribution in [0, 0.1) is 29.1 Å². The van der Waals surface area contributed by atoms with Crippen molar-refractivity contribution in [3.05, 3.63) is 142 Å². The van der Waals surface area contributed by atoms with Crippen molar-refractivity contribution in [3.8, 4) is 0 Å². The molecule has 0 saturated carbocycles. The molecule has 1 N–H and O–H groups in total. The first kappa shape index (κ1) is 27.0. The second-order valence-corrected chi connectivity index (χ2v) is 8.27. The predicted octanol–water partition coefficient (Wildman–Crippen LogP) is 6.66. The van der Waals surface area contributed by atoms with Crippen LogP contribution in [-0.4, -0.2) is 11.1 Å². The minimum Gasteiger partial charge on any atom is -0.452 e. The minimum atomic E-state index is -2.28. The van der Waals surface area contributed by atoms with Gasteiger partial charge in [0.25, 0.3) is 0 Å². The Labute approximate surface area is 214 Å². The monoisotopic (exact) mass is 528 g/mol. The summed E-state index contributed by atoms with van der Waals surface area (Å²) in [6.07, 6.45) is -4.19. The van der Waals surface area contributed by atoms with Gasteiger partial charge >= 0.3 is 5.97 Å². The first-order valence-electron chi connectivity index (χ1n) is 11.4. The van der Waals surface area contributed by atoms with Crippen molar-refractivity contribution in [2.75, 3.05) is 0 Å². The van der Waals surface area contributed by atoms with Gasteiger partial charge in [0, 0.05) is 0 Å². The maximum Gasteiger partial charge on any atom is 0.340 e. The van der Waals surface area contributed by atoms with E-state index in [1.54, 1.807) is 78.9 Å². The minimum absolute atomic E-state index is 0.267. The number of carbonyl (C=O) groups is 1. The van der Waals surface area contributed by atoms with Crippen LogP contribution in [0.5, 0.6) is 0 Å². The van der Waals surface area contributed by atoms with Gasteiger partial charge in [-0.15, -0.1) is 0 Å². The van der Waals surface area contributed by atoms with Gasteiger partial charge < -0.3 is 14.6 Å². The zero-order valence-electron chi connectivity index (χ0n) is 19.7. The smallest absolute Gasteiger partial charge is 0.340 e. The molecule has 0 amide bonds. The molecule has 38 heavy (non-hydrogen) atoms. The fraction of sp³-hybridized carbons (Fsp3) is 0.138. The number of esters is 1. The van der Waals surface area contributed by atoms with E-state index in [-0.39, 0.29) is 5.56 Å². The summed E-state index contributed by atoms with van der Waals surface area (Å²) in [5.41, 5.74) is -0.132. The molecule has 0 unspecified atom stereocenters. The molecular formula is C29H21F5O4. The first-order valence-corrected chi connectivity index (χ1v) is 11.4. The number of halogens is 5. The highest BCUT2D eigenvalue weighted by molar-refractivity contribution is 5.76. The van der Waals surface area contributed by atoms with E-state index in [0.29, 0.717) is 11.1 Å². The molecule has 0 fully saturated rings. The number of aliphatic hydroxyl groups is 1. The molecule has 4 nitrogen and oxygen atoms in total. The summed E-state index contributed by atoms with van der Waals surface area (Å²) in [5.74, 6) is -11.6. The van der Waals surface area contributed by atoms with Gasteiger partial charge in [0.1, 0.15) is 6.10 Å². The second kappa shape index (κ2) is 12.0. The molecule has 4 rings (SSSR count). The number of aliphatic hydroxyl groups excluding tert-OH is 1. The highest BCUT2D eigenvalue weighted by Crippen LogP contribution is 2.38. The topological polar surface area (TPSA) is 55.8 Å². The summed E-state index contributed by atoms with van der Waals surface area (Å²) >= 11 is 0. The van der Waals surface area contributed by atoms with Crippen LogP contribution in [0.3, 0.4) is 0 Å². The second-order valence-electron chi connectivity index (χ2n) is 8.27. The zero-order valence-corrected chi connectivity index (χ0v) is 19.7. The quantitative estimate of drug-likeness (QED) is 0.114. The Balaban J connectivity index is 1.72. The van der Waals surface area contributed by atoms with E-state index in [4.69, 9.17) is 9.47 Å². The van der Waals surface area contributed by atoms with Crippen LogP contribution in [-0.2, 0) is 20.9 Å². The number of ether oxygens (including phenoxy) is 2. The van der Waals surface area contributed by atoms with Gasteiger partial charge in [-0.25, -0.2) is 26.7 Å². The molecule has 3 atom stereocenters. The van der Waals surface area contributed by atoms with Gasteiger partial charge in [-0.05, 0) is 16.7 Å². The van der Waals surface area contributed by atoms with Crippen LogP contribution < -0.4 is 0 Å². The maximum absolute atomic E-state index is 14.4. The molecule has 4 aromatic carbocycles. The molecule has 4 aromatic rings. The molecule has 9 heteroatoms.